The summed E-state index contributed by atoms with van der Waals surface area (Å²) in [6, 6.07) is 8.22. The van der Waals surface area contributed by atoms with Crippen molar-refractivity contribution in [2.45, 2.75) is 19.4 Å². The minimum atomic E-state index is 0.265. The molecule has 0 aliphatic heterocycles. The van der Waals surface area contributed by atoms with Crippen LogP contribution in [-0.2, 0) is 13.5 Å². The largest absolute Gasteiger partial charge is 0.308 e. The van der Waals surface area contributed by atoms with Gasteiger partial charge in [-0.2, -0.15) is 5.10 Å². The summed E-state index contributed by atoms with van der Waals surface area (Å²) in [5, 5.41) is 16.1. The van der Waals surface area contributed by atoms with E-state index in [0.717, 1.165) is 24.4 Å². The molecule has 3 heterocycles. The molecule has 0 saturated carbocycles. The molecule has 0 spiro atoms. The van der Waals surface area contributed by atoms with Crippen molar-refractivity contribution in [3.05, 3.63) is 48.2 Å². The Bertz CT molecular complexity index is 698. The van der Waals surface area contributed by atoms with Gasteiger partial charge in [0.05, 0.1) is 5.69 Å². The molecule has 0 fully saturated rings. The van der Waals surface area contributed by atoms with Crippen molar-refractivity contribution >= 4 is 5.65 Å². The van der Waals surface area contributed by atoms with Crippen LogP contribution in [-0.4, -0.2) is 30.9 Å². The van der Waals surface area contributed by atoms with E-state index >= 15 is 0 Å². The molecule has 3 aromatic heterocycles. The molecule has 0 saturated heterocycles. The average molecular weight is 270 g/mol. The number of fused-ring (bicyclic) bond motifs is 1. The Morgan fingerprint density at radius 3 is 2.95 bits per heavy atom. The number of hydrogen-bond donors (Lipinski definition) is 1. The molecule has 3 rings (SSSR count). The minimum absolute atomic E-state index is 0.265. The normalized spacial score (nSPS) is 12.9. The topological polar surface area (TPSA) is 60.0 Å². The van der Waals surface area contributed by atoms with E-state index in [2.05, 4.69) is 27.5 Å². The molecule has 1 atom stereocenters. The highest BCUT2D eigenvalue weighted by Gasteiger charge is 2.09. The maximum absolute atomic E-state index is 4.23. The predicted octanol–water partition coefficient (Wildman–Crippen LogP) is 1.36. The first kappa shape index (κ1) is 12.8. The zero-order chi connectivity index (χ0) is 13.9. The molecular weight excluding hydrogens is 252 g/mol. The smallest absolute Gasteiger partial charge is 0.160 e. The zero-order valence-electron chi connectivity index (χ0n) is 11.7. The Kier molecular flexibility index (Phi) is 3.47. The van der Waals surface area contributed by atoms with Crippen molar-refractivity contribution in [2.75, 3.05) is 6.54 Å². The van der Waals surface area contributed by atoms with Crippen LogP contribution in [0.15, 0.2) is 36.7 Å². The maximum Gasteiger partial charge on any atom is 0.160 e. The van der Waals surface area contributed by atoms with Gasteiger partial charge in [0.2, 0.25) is 0 Å². The first-order valence-corrected chi connectivity index (χ1v) is 6.75. The van der Waals surface area contributed by atoms with E-state index in [1.54, 1.807) is 0 Å². The highest BCUT2D eigenvalue weighted by Crippen LogP contribution is 2.10. The van der Waals surface area contributed by atoms with E-state index in [9.17, 15) is 0 Å². The summed E-state index contributed by atoms with van der Waals surface area (Å²) in [6.07, 6.45) is 4.65. The van der Waals surface area contributed by atoms with Gasteiger partial charge in [-0.15, -0.1) is 10.2 Å². The fourth-order valence-electron chi connectivity index (χ4n) is 2.38. The lowest BCUT2D eigenvalue weighted by molar-refractivity contribution is 0.528. The number of aromatic nitrogens is 5. The van der Waals surface area contributed by atoms with Crippen LogP contribution in [0.2, 0.25) is 0 Å². The zero-order valence-corrected chi connectivity index (χ0v) is 11.7. The van der Waals surface area contributed by atoms with E-state index in [1.165, 1.54) is 5.69 Å². The monoisotopic (exact) mass is 270 g/mol. The third-order valence-corrected chi connectivity index (χ3v) is 3.49. The van der Waals surface area contributed by atoms with Crippen LogP contribution < -0.4 is 5.32 Å². The minimum Gasteiger partial charge on any atom is -0.308 e. The van der Waals surface area contributed by atoms with Crippen molar-refractivity contribution in [3.8, 4) is 0 Å². The van der Waals surface area contributed by atoms with Crippen molar-refractivity contribution in [1.29, 1.82) is 0 Å². The fraction of sp³-hybridized carbons (Fsp3) is 0.357. The lowest BCUT2D eigenvalue weighted by atomic mass is 10.2. The van der Waals surface area contributed by atoms with E-state index < -0.39 is 0 Å². The van der Waals surface area contributed by atoms with E-state index in [4.69, 9.17) is 0 Å². The van der Waals surface area contributed by atoms with Crippen LogP contribution in [0.25, 0.3) is 5.65 Å². The van der Waals surface area contributed by atoms with Crippen LogP contribution >= 0.6 is 0 Å². The molecule has 1 unspecified atom stereocenters. The number of hydrogen-bond acceptors (Lipinski definition) is 4. The number of rotatable bonds is 5. The summed E-state index contributed by atoms with van der Waals surface area (Å²) in [4.78, 5) is 0. The van der Waals surface area contributed by atoms with E-state index in [1.807, 2.05) is 52.8 Å². The number of nitrogens with zero attached hydrogens (tertiary/aromatic N) is 5. The molecule has 6 heteroatoms. The quantitative estimate of drug-likeness (QED) is 0.760. The number of nitrogens with one attached hydrogen (secondary N) is 1. The van der Waals surface area contributed by atoms with Gasteiger partial charge in [0.25, 0.3) is 0 Å². The Morgan fingerprint density at radius 1 is 1.25 bits per heavy atom. The van der Waals surface area contributed by atoms with Crippen LogP contribution in [0.1, 0.15) is 24.5 Å². The van der Waals surface area contributed by atoms with Gasteiger partial charge >= 0.3 is 0 Å². The Morgan fingerprint density at radius 2 is 2.15 bits per heavy atom. The lowest BCUT2D eigenvalue weighted by Crippen LogP contribution is -2.23. The van der Waals surface area contributed by atoms with Gasteiger partial charge in [0.1, 0.15) is 5.82 Å². The molecule has 104 valence electrons. The van der Waals surface area contributed by atoms with E-state index in [0.29, 0.717) is 0 Å². The standard InChI is InChI=1S/C14H18N6/c1-11(12-6-9-16-19(12)2)15-8-7-14-18-17-13-5-3-4-10-20(13)14/h3-6,9-11,15H,7-8H2,1-2H3. The van der Waals surface area contributed by atoms with Crippen LogP contribution in [0.3, 0.4) is 0 Å². The average Bonchev–Trinajstić information content (AvgIpc) is 3.05. The summed E-state index contributed by atoms with van der Waals surface area (Å²) in [7, 11) is 1.96. The molecule has 1 N–H and O–H groups in total. The van der Waals surface area contributed by atoms with Gasteiger partial charge < -0.3 is 5.32 Å². The molecule has 0 amide bonds. The van der Waals surface area contributed by atoms with Crippen LogP contribution in [0.5, 0.6) is 0 Å². The Labute approximate surface area is 117 Å². The van der Waals surface area contributed by atoms with Crippen molar-refractivity contribution in [2.24, 2.45) is 7.05 Å². The third kappa shape index (κ3) is 2.42. The highest BCUT2D eigenvalue weighted by atomic mass is 15.3. The lowest BCUT2D eigenvalue weighted by Gasteiger charge is -2.13. The third-order valence-electron chi connectivity index (χ3n) is 3.49. The van der Waals surface area contributed by atoms with Gasteiger partial charge in [-0.05, 0) is 25.1 Å². The molecule has 0 bridgehead atoms. The SMILES string of the molecule is CC(NCCc1nnc2ccccn12)c1ccnn1C. The molecule has 6 nitrogen and oxygen atoms in total. The van der Waals surface area contributed by atoms with Crippen molar-refractivity contribution < 1.29 is 0 Å². The first-order valence-electron chi connectivity index (χ1n) is 6.75. The van der Waals surface area contributed by atoms with Gasteiger partial charge in [-0.1, -0.05) is 6.07 Å². The molecular formula is C14H18N6. The molecule has 20 heavy (non-hydrogen) atoms. The van der Waals surface area contributed by atoms with Crippen molar-refractivity contribution in [1.82, 2.24) is 29.7 Å². The summed E-state index contributed by atoms with van der Waals surface area (Å²) >= 11 is 0. The van der Waals surface area contributed by atoms with Gasteiger partial charge in [-0.25, -0.2) is 0 Å². The Balaban J connectivity index is 1.61. The van der Waals surface area contributed by atoms with Gasteiger partial charge in [-0.3, -0.25) is 9.08 Å². The first-order chi connectivity index (χ1) is 9.75. The summed E-state index contributed by atoms with van der Waals surface area (Å²) in [5.74, 6) is 0.977. The molecule has 0 aromatic carbocycles. The Hall–Kier alpha value is -2.21. The summed E-state index contributed by atoms with van der Waals surface area (Å²) in [5.41, 5.74) is 2.07. The van der Waals surface area contributed by atoms with Crippen LogP contribution in [0.4, 0.5) is 0 Å². The van der Waals surface area contributed by atoms with Crippen molar-refractivity contribution in [3.63, 3.8) is 0 Å². The second-order valence-corrected chi connectivity index (χ2v) is 4.85. The fourth-order valence-corrected chi connectivity index (χ4v) is 2.38. The number of pyridine rings is 1. The number of aryl methyl sites for hydroxylation is 1. The highest BCUT2D eigenvalue weighted by molar-refractivity contribution is 5.37. The van der Waals surface area contributed by atoms with Gasteiger partial charge in [0, 0.05) is 38.4 Å². The second-order valence-electron chi connectivity index (χ2n) is 4.85. The van der Waals surface area contributed by atoms with Crippen LogP contribution in [0, 0.1) is 0 Å². The molecule has 3 aromatic rings. The predicted molar refractivity (Wildman–Crippen MR) is 76.3 cm³/mol. The molecule has 0 aliphatic carbocycles. The summed E-state index contributed by atoms with van der Waals surface area (Å²) in [6.45, 7) is 2.99. The molecule has 0 radical (unpaired) electrons. The second kappa shape index (κ2) is 5.42. The van der Waals surface area contributed by atoms with Gasteiger partial charge in [0.15, 0.2) is 5.65 Å². The summed E-state index contributed by atoms with van der Waals surface area (Å²) < 4.78 is 3.92. The molecule has 0 aliphatic rings. The maximum atomic E-state index is 4.23. The van der Waals surface area contributed by atoms with E-state index in [-0.39, 0.29) is 6.04 Å².